The molecule has 0 saturated carbocycles. The van der Waals surface area contributed by atoms with Crippen LogP contribution in [0.15, 0.2) is 24.3 Å². The van der Waals surface area contributed by atoms with Gasteiger partial charge in [0.25, 0.3) is 0 Å². The molecule has 1 aromatic rings. The lowest BCUT2D eigenvalue weighted by Crippen LogP contribution is -2.28. The number of alkyl halides is 3. The fraction of sp³-hybridized carbons (Fsp3) is 0.364. The van der Waals surface area contributed by atoms with E-state index in [1.807, 2.05) is 0 Å². The highest BCUT2D eigenvalue weighted by molar-refractivity contribution is 5.80. The summed E-state index contributed by atoms with van der Waals surface area (Å²) in [5, 5.41) is 2.65. The molecule has 1 rings (SSSR count). The summed E-state index contributed by atoms with van der Waals surface area (Å²) in [5.74, 6) is -0.206. The van der Waals surface area contributed by atoms with Crippen molar-refractivity contribution in [2.45, 2.75) is 6.18 Å². The van der Waals surface area contributed by atoms with Gasteiger partial charge >= 0.3 is 6.18 Å². The highest BCUT2D eigenvalue weighted by atomic mass is 19.4. The van der Waals surface area contributed by atoms with Crippen molar-refractivity contribution < 1.29 is 18.0 Å². The number of benzene rings is 1. The molecule has 0 bridgehead atoms. The van der Waals surface area contributed by atoms with Crippen molar-refractivity contribution in [2.75, 3.05) is 26.0 Å². The topological polar surface area (TPSA) is 32.3 Å². The molecule has 0 aliphatic heterocycles. The zero-order chi connectivity index (χ0) is 13.1. The van der Waals surface area contributed by atoms with Crippen LogP contribution < -0.4 is 5.32 Å². The molecule has 0 aromatic heterocycles. The Morgan fingerprint density at radius 1 is 1.35 bits per heavy atom. The number of amides is 1. The number of carbonyl (C=O) groups is 1. The van der Waals surface area contributed by atoms with Gasteiger partial charge in [-0.05, 0) is 18.2 Å². The Bertz CT molecular complexity index is 402. The van der Waals surface area contributed by atoms with Crippen molar-refractivity contribution in [3.8, 4) is 0 Å². The normalized spacial score (nSPS) is 11.1. The summed E-state index contributed by atoms with van der Waals surface area (Å²) >= 11 is 0. The first-order chi connectivity index (χ1) is 7.80. The van der Waals surface area contributed by atoms with Gasteiger partial charge in [0.1, 0.15) is 0 Å². The first-order valence-electron chi connectivity index (χ1n) is 4.92. The van der Waals surface area contributed by atoms with E-state index in [-0.39, 0.29) is 18.1 Å². The van der Waals surface area contributed by atoms with Crippen molar-refractivity contribution in [1.29, 1.82) is 0 Å². The van der Waals surface area contributed by atoms with E-state index in [2.05, 4.69) is 5.32 Å². The molecule has 1 aromatic carbocycles. The Morgan fingerprint density at radius 2 is 2.00 bits per heavy atom. The molecular formula is C11H13F3N2O. The van der Waals surface area contributed by atoms with Gasteiger partial charge in [0.2, 0.25) is 5.91 Å². The van der Waals surface area contributed by atoms with E-state index in [0.29, 0.717) is 0 Å². The number of halogens is 3. The van der Waals surface area contributed by atoms with Crippen LogP contribution in [0.2, 0.25) is 0 Å². The minimum atomic E-state index is -4.37. The molecule has 1 N–H and O–H groups in total. The molecule has 94 valence electrons. The van der Waals surface area contributed by atoms with Crippen LogP contribution >= 0.6 is 0 Å². The molecular weight excluding hydrogens is 233 g/mol. The molecule has 0 aliphatic carbocycles. The molecule has 0 spiro atoms. The zero-order valence-electron chi connectivity index (χ0n) is 9.51. The second-order valence-corrected chi connectivity index (χ2v) is 3.72. The summed E-state index contributed by atoms with van der Waals surface area (Å²) in [5.41, 5.74) is -0.463. The van der Waals surface area contributed by atoms with Crippen LogP contribution in [0.1, 0.15) is 5.56 Å². The Hall–Kier alpha value is -1.72. The Kier molecular flexibility index (Phi) is 3.98. The van der Waals surface area contributed by atoms with Gasteiger partial charge in [0.05, 0.1) is 12.1 Å². The third-order valence-electron chi connectivity index (χ3n) is 2.13. The summed E-state index contributed by atoms with van der Waals surface area (Å²) in [6.45, 7) is -0.0334. The Balaban J connectivity index is 2.70. The molecule has 0 saturated heterocycles. The maximum atomic E-state index is 12.4. The first-order valence-corrected chi connectivity index (χ1v) is 4.92. The fourth-order valence-electron chi connectivity index (χ4n) is 1.14. The molecule has 3 nitrogen and oxygen atoms in total. The largest absolute Gasteiger partial charge is 0.416 e. The smallest absolute Gasteiger partial charge is 0.376 e. The molecule has 0 fully saturated rings. The van der Waals surface area contributed by atoms with E-state index in [1.54, 1.807) is 14.1 Å². The van der Waals surface area contributed by atoms with Crippen LogP contribution in [0, 0.1) is 0 Å². The van der Waals surface area contributed by atoms with Gasteiger partial charge in [0, 0.05) is 19.8 Å². The third kappa shape index (κ3) is 3.97. The van der Waals surface area contributed by atoms with E-state index in [9.17, 15) is 18.0 Å². The Morgan fingerprint density at radius 3 is 2.53 bits per heavy atom. The predicted octanol–water partition coefficient (Wildman–Crippen LogP) is 2.21. The molecule has 0 radical (unpaired) electrons. The summed E-state index contributed by atoms with van der Waals surface area (Å²) in [7, 11) is 3.16. The number of hydrogen-bond donors (Lipinski definition) is 1. The van der Waals surface area contributed by atoms with Gasteiger partial charge in [-0.1, -0.05) is 6.07 Å². The number of likely N-dealkylation sites (N-methyl/N-ethyl adjacent to an activating group) is 1. The van der Waals surface area contributed by atoms with Gasteiger partial charge in [-0.3, -0.25) is 4.79 Å². The molecule has 0 atom stereocenters. The van der Waals surface area contributed by atoms with E-state index in [4.69, 9.17) is 0 Å². The van der Waals surface area contributed by atoms with Crippen LogP contribution in [0.4, 0.5) is 18.9 Å². The van der Waals surface area contributed by atoms with Crippen LogP contribution in [-0.4, -0.2) is 31.4 Å². The maximum Gasteiger partial charge on any atom is 0.416 e. The second kappa shape index (κ2) is 5.07. The number of anilines is 1. The van der Waals surface area contributed by atoms with E-state index in [1.165, 1.54) is 17.0 Å². The summed E-state index contributed by atoms with van der Waals surface area (Å²) in [6.07, 6.45) is -4.37. The van der Waals surface area contributed by atoms with Crippen LogP contribution in [-0.2, 0) is 11.0 Å². The fourth-order valence-corrected chi connectivity index (χ4v) is 1.14. The van der Waals surface area contributed by atoms with Gasteiger partial charge in [-0.25, -0.2) is 0 Å². The molecule has 17 heavy (non-hydrogen) atoms. The lowest BCUT2D eigenvalue weighted by Gasteiger charge is -2.13. The average Bonchev–Trinajstić information content (AvgIpc) is 2.25. The van der Waals surface area contributed by atoms with Crippen molar-refractivity contribution in [3.63, 3.8) is 0 Å². The minimum Gasteiger partial charge on any atom is -0.376 e. The highest BCUT2D eigenvalue weighted by Crippen LogP contribution is 2.30. The zero-order valence-corrected chi connectivity index (χ0v) is 9.51. The number of rotatable bonds is 3. The van der Waals surface area contributed by atoms with E-state index >= 15 is 0 Å². The maximum absolute atomic E-state index is 12.4. The van der Waals surface area contributed by atoms with Gasteiger partial charge in [0.15, 0.2) is 0 Å². The van der Waals surface area contributed by atoms with Crippen molar-refractivity contribution in [3.05, 3.63) is 29.8 Å². The second-order valence-electron chi connectivity index (χ2n) is 3.72. The lowest BCUT2D eigenvalue weighted by molar-refractivity contribution is -0.137. The SMILES string of the molecule is CN(C)C(=O)CNc1cccc(C(F)(F)F)c1. The number of nitrogens with one attached hydrogen (secondary N) is 1. The number of hydrogen-bond acceptors (Lipinski definition) is 2. The molecule has 6 heteroatoms. The molecule has 1 amide bonds. The van der Waals surface area contributed by atoms with Crippen molar-refractivity contribution >= 4 is 11.6 Å². The van der Waals surface area contributed by atoms with Crippen LogP contribution in [0.3, 0.4) is 0 Å². The highest BCUT2D eigenvalue weighted by Gasteiger charge is 2.30. The van der Waals surface area contributed by atoms with Gasteiger partial charge in [-0.2, -0.15) is 13.2 Å². The minimum absolute atomic E-state index is 0.0334. The number of nitrogens with zero attached hydrogens (tertiary/aromatic N) is 1. The predicted molar refractivity (Wildman–Crippen MR) is 58.6 cm³/mol. The standard InChI is InChI=1S/C11H13F3N2O/c1-16(2)10(17)7-15-9-5-3-4-8(6-9)11(12,13)14/h3-6,15H,7H2,1-2H3. The van der Waals surface area contributed by atoms with Crippen molar-refractivity contribution in [1.82, 2.24) is 4.90 Å². The summed E-state index contributed by atoms with van der Waals surface area (Å²) in [4.78, 5) is 12.6. The molecule has 0 heterocycles. The van der Waals surface area contributed by atoms with E-state index in [0.717, 1.165) is 12.1 Å². The molecule has 0 unspecified atom stereocenters. The summed E-state index contributed by atoms with van der Waals surface area (Å²) in [6, 6.07) is 4.74. The lowest BCUT2D eigenvalue weighted by atomic mass is 10.2. The molecule has 0 aliphatic rings. The summed E-state index contributed by atoms with van der Waals surface area (Å²) < 4.78 is 37.2. The van der Waals surface area contributed by atoms with Crippen LogP contribution in [0.5, 0.6) is 0 Å². The third-order valence-corrected chi connectivity index (χ3v) is 2.13. The average molecular weight is 246 g/mol. The Labute approximate surface area is 97.2 Å². The van der Waals surface area contributed by atoms with E-state index < -0.39 is 11.7 Å². The van der Waals surface area contributed by atoms with Gasteiger partial charge in [-0.15, -0.1) is 0 Å². The monoisotopic (exact) mass is 246 g/mol. The van der Waals surface area contributed by atoms with Crippen LogP contribution in [0.25, 0.3) is 0 Å². The van der Waals surface area contributed by atoms with Crippen molar-refractivity contribution in [2.24, 2.45) is 0 Å². The van der Waals surface area contributed by atoms with Gasteiger partial charge < -0.3 is 10.2 Å². The first kappa shape index (κ1) is 13.3. The quantitative estimate of drug-likeness (QED) is 0.886. The number of carbonyl (C=O) groups excluding carboxylic acids is 1.